The van der Waals surface area contributed by atoms with E-state index in [9.17, 15) is 26.7 Å². The number of rotatable bonds is 1. The van der Waals surface area contributed by atoms with E-state index in [1.165, 1.54) is 5.32 Å². The van der Waals surface area contributed by atoms with Crippen LogP contribution in [0.4, 0.5) is 27.6 Å². The van der Waals surface area contributed by atoms with Crippen molar-refractivity contribution in [2.75, 3.05) is 5.32 Å². The number of carbonyl (C=O) groups is 1. The molecule has 0 saturated heterocycles. The number of nitrogens with one attached hydrogen (secondary N) is 1. The number of amides is 1. The predicted octanol–water partition coefficient (Wildman–Crippen LogP) is 3.69. The SMILES string of the molecule is O=C(Nc1c(F)c(F)c(F)c(F)c1F)C(Cl)(Cl)Cl. The van der Waals surface area contributed by atoms with Crippen molar-refractivity contribution < 1.29 is 26.7 Å². The third-order valence-corrected chi connectivity index (χ3v) is 2.22. The van der Waals surface area contributed by atoms with Crippen LogP contribution in [-0.2, 0) is 4.79 Å². The van der Waals surface area contributed by atoms with Gasteiger partial charge < -0.3 is 5.32 Å². The van der Waals surface area contributed by atoms with Crippen LogP contribution in [0.2, 0.25) is 0 Å². The number of benzene rings is 1. The van der Waals surface area contributed by atoms with Crippen molar-refractivity contribution >= 4 is 46.4 Å². The van der Waals surface area contributed by atoms with Crippen LogP contribution >= 0.6 is 34.8 Å². The van der Waals surface area contributed by atoms with Crippen LogP contribution in [0.1, 0.15) is 0 Å². The topological polar surface area (TPSA) is 29.1 Å². The standard InChI is InChI=1S/C8HCl3F5NO/c9-8(10,11)7(18)17-6-4(15)2(13)1(12)3(14)5(6)16/h(H,17,18). The Kier molecular flexibility index (Phi) is 4.30. The molecule has 1 aromatic carbocycles. The summed E-state index contributed by atoms with van der Waals surface area (Å²) in [5.74, 6) is -12.9. The second kappa shape index (κ2) is 5.07. The minimum Gasteiger partial charge on any atom is -0.317 e. The quantitative estimate of drug-likeness (QED) is 0.362. The van der Waals surface area contributed by atoms with Crippen molar-refractivity contribution in [3.8, 4) is 0 Å². The summed E-state index contributed by atoms with van der Waals surface area (Å²) in [5, 5.41) is 1.30. The third kappa shape index (κ3) is 2.78. The fourth-order valence-electron chi connectivity index (χ4n) is 0.899. The van der Waals surface area contributed by atoms with Crippen LogP contribution in [0.25, 0.3) is 0 Å². The number of halogens is 8. The number of anilines is 1. The molecule has 1 amide bonds. The molecule has 0 saturated carbocycles. The Morgan fingerprint density at radius 1 is 0.833 bits per heavy atom. The molecule has 0 aliphatic carbocycles. The van der Waals surface area contributed by atoms with Crippen LogP contribution in [0.3, 0.4) is 0 Å². The molecular weight excluding hydrogens is 327 g/mol. The molecule has 0 unspecified atom stereocenters. The van der Waals surface area contributed by atoms with Gasteiger partial charge in [0.25, 0.3) is 9.70 Å². The van der Waals surface area contributed by atoms with Gasteiger partial charge in [-0.3, -0.25) is 4.79 Å². The number of hydrogen-bond acceptors (Lipinski definition) is 1. The van der Waals surface area contributed by atoms with Gasteiger partial charge in [0.2, 0.25) is 5.82 Å². The molecule has 0 heterocycles. The van der Waals surface area contributed by atoms with Crippen molar-refractivity contribution in [2.24, 2.45) is 0 Å². The normalized spacial score (nSPS) is 11.6. The highest BCUT2D eigenvalue weighted by atomic mass is 35.6. The zero-order valence-corrected chi connectivity index (χ0v) is 10.2. The van der Waals surface area contributed by atoms with E-state index in [0.717, 1.165) is 0 Å². The maximum Gasteiger partial charge on any atom is 0.276 e. The molecule has 0 bridgehead atoms. The summed E-state index contributed by atoms with van der Waals surface area (Å²) in [6.07, 6.45) is 0. The largest absolute Gasteiger partial charge is 0.317 e. The van der Waals surface area contributed by atoms with Crippen LogP contribution in [0.15, 0.2) is 0 Å². The van der Waals surface area contributed by atoms with Gasteiger partial charge in [-0.15, -0.1) is 0 Å². The van der Waals surface area contributed by atoms with Gasteiger partial charge in [0.1, 0.15) is 5.69 Å². The van der Waals surface area contributed by atoms with Gasteiger partial charge in [-0.05, 0) is 0 Å². The third-order valence-electron chi connectivity index (χ3n) is 1.71. The van der Waals surface area contributed by atoms with E-state index in [0.29, 0.717) is 0 Å². The lowest BCUT2D eigenvalue weighted by atomic mass is 10.2. The molecule has 1 rings (SSSR count). The number of carbonyl (C=O) groups excluding carboxylic acids is 1. The van der Waals surface area contributed by atoms with E-state index in [2.05, 4.69) is 0 Å². The van der Waals surface area contributed by atoms with Gasteiger partial charge in [-0.2, -0.15) is 0 Å². The average molecular weight is 328 g/mol. The lowest BCUT2D eigenvalue weighted by molar-refractivity contribution is -0.115. The van der Waals surface area contributed by atoms with Crippen LogP contribution in [0.5, 0.6) is 0 Å². The number of alkyl halides is 3. The molecule has 0 fully saturated rings. The van der Waals surface area contributed by atoms with Gasteiger partial charge in [-0.25, -0.2) is 22.0 Å². The Bertz CT molecular complexity index is 487. The lowest BCUT2D eigenvalue weighted by Gasteiger charge is -2.13. The number of hydrogen-bond donors (Lipinski definition) is 1. The van der Waals surface area contributed by atoms with E-state index < -0.39 is 44.5 Å². The maximum atomic E-state index is 13.1. The summed E-state index contributed by atoms with van der Waals surface area (Å²) in [6.45, 7) is 0. The molecule has 18 heavy (non-hydrogen) atoms. The molecule has 0 aliphatic rings. The predicted molar refractivity (Wildman–Crippen MR) is 55.2 cm³/mol. The van der Waals surface area contributed by atoms with Crippen LogP contribution < -0.4 is 5.32 Å². The Hall–Kier alpha value is -0.790. The van der Waals surface area contributed by atoms with Gasteiger partial charge in [0, 0.05) is 0 Å². The first-order chi connectivity index (χ1) is 8.07. The molecule has 0 atom stereocenters. The Morgan fingerprint density at radius 2 is 1.17 bits per heavy atom. The molecule has 2 nitrogen and oxygen atoms in total. The van der Waals surface area contributed by atoms with Crippen LogP contribution in [-0.4, -0.2) is 9.70 Å². The second-order valence-electron chi connectivity index (χ2n) is 2.90. The fourth-order valence-corrected chi connectivity index (χ4v) is 1.04. The zero-order chi connectivity index (χ0) is 14.2. The Morgan fingerprint density at radius 3 is 1.50 bits per heavy atom. The summed E-state index contributed by atoms with van der Waals surface area (Å²) in [4.78, 5) is 11.1. The molecule has 1 N–H and O–H groups in total. The summed E-state index contributed by atoms with van der Waals surface area (Å²) >= 11 is 15.2. The van der Waals surface area contributed by atoms with E-state index >= 15 is 0 Å². The molecule has 0 radical (unpaired) electrons. The first-order valence-corrected chi connectivity index (χ1v) is 5.10. The maximum absolute atomic E-state index is 13.1. The summed E-state index contributed by atoms with van der Waals surface area (Å²) < 4.78 is 61.7. The van der Waals surface area contributed by atoms with Gasteiger partial charge >= 0.3 is 0 Å². The summed E-state index contributed by atoms with van der Waals surface area (Å²) in [5.41, 5.74) is -1.59. The smallest absolute Gasteiger partial charge is 0.276 e. The monoisotopic (exact) mass is 327 g/mol. The Balaban J connectivity index is 3.31. The molecule has 10 heteroatoms. The molecule has 1 aromatic rings. The first kappa shape index (κ1) is 15.3. The molecular formula is C8HCl3F5NO. The van der Waals surface area contributed by atoms with Crippen molar-refractivity contribution in [1.29, 1.82) is 0 Å². The summed E-state index contributed by atoms with van der Waals surface area (Å²) in [6, 6.07) is 0. The van der Waals surface area contributed by atoms with Crippen molar-refractivity contribution in [3.63, 3.8) is 0 Å². The molecule has 0 spiro atoms. The second-order valence-corrected chi connectivity index (χ2v) is 5.18. The summed E-state index contributed by atoms with van der Waals surface area (Å²) in [7, 11) is 0. The average Bonchev–Trinajstić information content (AvgIpc) is 2.28. The zero-order valence-electron chi connectivity index (χ0n) is 7.93. The first-order valence-electron chi connectivity index (χ1n) is 3.97. The van der Waals surface area contributed by atoms with Crippen molar-refractivity contribution in [3.05, 3.63) is 29.1 Å². The fraction of sp³-hybridized carbons (Fsp3) is 0.125. The highest BCUT2D eigenvalue weighted by Crippen LogP contribution is 2.31. The van der Waals surface area contributed by atoms with Crippen molar-refractivity contribution in [2.45, 2.75) is 3.79 Å². The highest BCUT2D eigenvalue weighted by molar-refractivity contribution is 6.76. The van der Waals surface area contributed by atoms with E-state index in [4.69, 9.17) is 34.8 Å². The van der Waals surface area contributed by atoms with Gasteiger partial charge in [-0.1, -0.05) is 34.8 Å². The minimum atomic E-state index is -2.62. The highest BCUT2D eigenvalue weighted by Gasteiger charge is 2.34. The minimum absolute atomic E-state index is 1.30. The molecule has 0 aliphatic heterocycles. The van der Waals surface area contributed by atoms with E-state index in [-0.39, 0.29) is 0 Å². The Labute approximate surface area is 112 Å². The lowest BCUT2D eigenvalue weighted by Crippen LogP contribution is -2.28. The van der Waals surface area contributed by atoms with Crippen molar-refractivity contribution in [1.82, 2.24) is 0 Å². The molecule has 0 aromatic heterocycles. The van der Waals surface area contributed by atoms with Crippen LogP contribution in [0, 0.1) is 29.1 Å². The van der Waals surface area contributed by atoms with E-state index in [1.54, 1.807) is 0 Å². The van der Waals surface area contributed by atoms with E-state index in [1.807, 2.05) is 0 Å². The van der Waals surface area contributed by atoms with Gasteiger partial charge in [0.15, 0.2) is 23.3 Å². The van der Waals surface area contributed by atoms with Gasteiger partial charge in [0.05, 0.1) is 0 Å². The molecule has 100 valence electrons.